The number of carbonyl (C=O) groups excluding carboxylic acids is 1. The number of likely N-dealkylation sites (N-methyl/N-ethyl adjacent to an activating group) is 1. The van der Waals surface area contributed by atoms with Crippen molar-refractivity contribution in [1.82, 2.24) is 19.7 Å². The zero-order valence-corrected chi connectivity index (χ0v) is 20.1. The van der Waals surface area contributed by atoms with Crippen LogP contribution in [0.5, 0.6) is 0 Å². The van der Waals surface area contributed by atoms with E-state index in [1.54, 1.807) is 11.3 Å². The van der Waals surface area contributed by atoms with Crippen molar-refractivity contribution in [2.75, 3.05) is 31.1 Å². The van der Waals surface area contributed by atoms with Crippen molar-refractivity contribution in [1.29, 1.82) is 0 Å². The maximum Gasteiger partial charge on any atom is 0.280 e. The van der Waals surface area contributed by atoms with E-state index in [9.17, 15) is 4.79 Å². The third-order valence-corrected chi connectivity index (χ3v) is 6.43. The monoisotopic (exact) mass is 449 g/mol. The lowest BCUT2D eigenvalue weighted by Gasteiger charge is -2.24. The molecule has 0 bridgehead atoms. The summed E-state index contributed by atoms with van der Waals surface area (Å²) in [4.78, 5) is 22.5. The maximum atomic E-state index is 13.4. The molecule has 0 radical (unpaired) electrons. The molecule has 0 atom stereocenters. The minimum atomic E-state index is -0.0791. The molecule has 164 valence electrons. The van der Waals surface area contributed by atoms with Crippen LogP contribution in [0.2, 0.25) is 0 Å². The SMILES string of the molecule is CCc1cccc2sc(N(CCN(CC)CC)C(=O)c3cc(C)n(CC)n3)nc12.Cl. The molecule has 0 unspecified atom stereocenters. The van der Waals surface area contributed by atoms with E-state index in [4.69, 9.17) is 4.98 Å². The molecule has 8 heteroatoms. The fourth-order valence-corrected chi connectivity index (χ4v) is 4.57. The van der Waals surface area contributed by atoms with Gasteiger partial charge >= 0.3 is 0 Å². The molecule has 1 amide bonds. The number of thiazole rings is 1. The second kappa shape index (κ2) is 10.9. The van der Waals surface area contributed by atoms with Crippen molar-refractivity contribution >= 4 is 45.0 Å². The van der Waals surface area contributed by atoms with E-state index in [1.807, 2.05) is 29.5 Å². The molecule has 0 spiro atoms. The Morgan fingerprint density at radius 3 is 2.47 bits per heavy atom. The predicted octanol–water partition coefficient (Wildman–Crippen LogP) is 4.79. The van der Waals surface area contributed by atoms with E-state index >= 15 is 0 Å². The summed E-state index contributed by atoms with van der Waals surface area (Å²) in [7, 11) is 0. The minimum Gasteiger partial charge on any atom is -0.302 e. The molecule has 6 nitrogen and oxygen atoms in total. The number of carbonyl (C=O) groups is 1. The average Bonchev–Trinajstić information content (AvgIpc) is 3.33. The van der Waals surface area contributed by atoms with Crippen molar-refractivity contribution in [2.45, 2.75) is 47.6 Å². The highest BCUT2D eigenvalue weighted by molar-refractivity contribution is 7.22. The molecule has 3 rings (SSSR count). The molecule has 0 aliphatic rings. The third-order valence-electron chi connectivity index (χ3n) is 5.38. The number of aryl methyl sites for hydroxylation is 3. The van der Waals surface area contributed by atoms with Gasteiger partial charge in [-0.05, 0) is 51.1 Å². The molecule has 0 saturated carbocycles. The van der Waals surface area contributed by atoms with E-state index in [-0.39, 0.29) is 18.3 Å². The lowest BCUT2D eigenvalue weighted by atomic mass is 10.1. The molecule has 0 aliphatic carbocycles. The van der Waals surface area contributed by atoms with Gasteiger partial charge < -0.3 is 4.90 Å². The van der Waals surface area contributed by atoms with Crippen molar-refractivity contribution in [3.8, 4) is 0 Å². The Bertz CT molecular complexity index is 979. The van der Waals surface area contributed by atoms with E-state index < -0.39 is 0 Å². The Morgan fingerprint density at radius 1 is 1.13 bits per heavy atom. The summed E-state index contributed by atoms with van der Waals surface area (Å²) in [5.41, 5.74) is 3.70. The Hall–Kier alpha value is -1.96. The van der Waals surface area contributed by atoms with Crippen molar-refractivity contribution in [2.24, 2.45) is 0 Å². The number of anilines is 1. The number of nitrogens with zero attached hydrogens (tertiary/aromatic N) is 5. The van der Waals surface area contributed by atoms with Gasteiger partial charge in [-0.15, -0.1) is 12.4 Å². The summed E-state index contributed by atoms with van der Waals surface area (Å²) in [5, 5.41) is 5.27. The van der Waals surface area contributed by atoms with E-state index in [1.165, 1.54) is 5.56 Å². The first kappa shape index (κ1) is 24.3. The maximum absolute atomic E-state index is 13.4. The number of benzene rings is 1. The van der Waals surface area contributed by atoms with Crippen molar-refractivity contribution in [3.63, 3.8) is 0 Å². The van der Waals surface area contributed by atoms with Gasteiger partial charge in [-0.25, -0.2) is 4.98 Å². The normalized spacial score (nSPS) is 11.1. The van der Waals surface area contributed by atoms with Gasteiger partial charge in [-0.2, -0.15) is 5.10 Å². The Kier molecular flexibility index (Phi) is 8.82. The molecular weight excluding hydrogens is 418 g/mol. The lowest BCUT2D eigenvalue weighted by Crippen LogP contribution is -2.39. The number of hydrogen-bond acceptors (Lipinski definition) is 5. The molecule has 0 aliphatic heterocycles. The largest absolute Gasteiger partial charge is 0.302 e. The van der Waals surface area contributed by atoms with E-state index in [0.29, 0.717) is 12.2 Å². The standard InChI is InChI=1S/C22H31N5OS.ClH/c1-6-17-11-10-12-19-20(17)23-22(29-19)26(14-13-25(7-2)8-3)21(28)18-15-16(5)27(9-4)24-18;/h10-12,15H,6-9,13-14H2,1-5H3;1H. The topological polar surface area (TPSA) is 54.3 Å². The Labute approximate surface area is 189 Å². The second-order valence-electron chi connectivity index (χ2n) is 7.08. The molecule has 2 aromatic heterocycles. The van der Waals surface area contributed by atoms with Crippen LogP contribution in [-0.2, 0) is 13.0 Å². The van der Waals surface area contributed by atoms with Crippen molar-refractivity contribution < 1.29 is 4.79 Å². The number of fused-ring (bicyclic) bond motifs is 1. The minimum absolute atomic E-state index is 0. The molecular formula is C22H32ClN5OS. The van der Waals surface area contributed by atoms with Gasteiger partial charge in [0, 0.05) is 25.3 Å². The fourth-order valence-electron chi connectivity index (χ4n) is 3.53. The first-order valence-corrected chi connectivity index (χ1v) is 11.3. The van der Waals surface area contributed by atoms with Crippen LogP contribution in [0.25, 0.3) is 10.2 Å². The van der Waals surface area contributed by atoms with Crippen molar-refractivity contribution in [3.05, 3.63) is 41.2 Å². The van der Waals surface area contributed by atoms with Gasteiger partial charge in [0.05, 0.1) is 10.2 Å². The Morgan fingerprint density at radius 2 is 1.87 bits per heavy atom. The van der Waals surface area contributed by atoms with Crippen LogP contribution in [0, 0.1) is 6.92 Å². The number of hydrogen-bond donors (Lipinski definition) is 0. The van der Waals surface area contributed by atoms with Crippen LogP contribution in [0.3, 0.4) is 0 Å². The number of para-hydroxylation sites is 1. The number of amides is 1. The van der Waals surface area contributed by atoms with Crippen LogP contribution in [0.1, 0.15) is 49.4 Å². The van der Waals surface area contributed by atoms with E-state index in [0.717, 1.165) is 53.6 Å². The van der Waals surface area contributed by atoms with Gasteiger partial charge in [0.25, 0.3) is 5.91 Å². The van der Waals surface area contributed by atoms with Crippen LogP contribution in [0.4, 0.5) is 5.13 Å². The highest BCUT2D eigenvalue weighted by Crippen LogP contribution is 2.31. The van der Waals surface area contributed by atoms with Gasteiger partial charge in [-0.3, -0.25) is 14.4 Å². The molecule has 1 aromatic carbocycles. The lowest BCUT2D eigenvalue weighted by molar-refractivity contribution is 0.0978. The fraction of sp³-hybridized carbons (Fsp3) is 0.500. The Balaban J connectivity index is 0.00000320. The number of rotatable bonds is 9. The van der Waals surface area contributed by atoms with Gasteiger partial charge in [-0.1, -0.05) is 44.2 Å². The molecule has 30 heavy (non-hydrogen) atoms. The summed E-state index contributed by atoms with van der Waals surface area (Å²) in [5.74, 6) is -0.0791. The molecule has 0 saturated heterocycles. The molecule has 0 fully saturated rings. The number of aromatic nitrogens is 3. The average molecular weight is 450 g/mol. The highest BCUT2D eigenvalue weighted by Gasteiger charge is 2.24. The summed E-state index contributed by atoms with van der Waals surface area (Å²) in [6.07, 6.45) is 0.925. The molecule has 0 N–H and O–H groups in total. The number of halogens is 1. The second-order valence-corrected chi connectivity index (χ2v) is 8.09. The van der Waals surface area contributed by atoms with Gasteiger partial charge in [0.1, 0.15) is 0 Å². The van der Waals surface area contributed by atoms with E-state index in [2.05, 4.69) is 49.0 Å². The summed E-state index contributed by atoms with van der Waals surface area (Å²) < 4.78 is 2.99. The smallest absolute Gasteiger partial charge is 0.280 e. The first-order chi connectivity index (χ1) is 14.0. The molecule has 2 heterocycles. The van der Waals surface area contributed by atoms with Crippen LogP contribution < -0.4 is 4.90 Å². The zero-order chi connectivity index (χ0) is 21.0. The summed E-state index contributed by atoms with van der Waals surface area (Å²) in [6.45, 7) is 14.5. The molecule has 3 aromatic rings. The van der Waals surface area contributed by atoms with Crippen LogP contribution in [-0.4, -0.2) is 51.8 Å². The predicted molar refractivity (Wildman–Crippen MR) is 128 cm³/mol. The quantitative estimate of drug-likeness (QED) is 0.471. The first-order valence-electron chi connectivity index (χ1n) is 10.5. The van der Waals surface area contributed by atoms with Gasteiger partial charge in [0.15, 0.2) is 10.8 Å². The summed E-state index contributed by atoms with van der Waals surface area (Å²) >= 11 is 1.58. The third kappa shape index (κ3) is 5.02. The van der Waals surface area contributed by atoms with Gasteiger partial charge in [0.2, 0.25) is 0 Å². The summed E-state index contributed by atoms with van der Waals surface area (Å²) in [6, 6.07) is 8.14. The van der Waals surface area contributed by atoms with Crippen LogP contribution in [0.15, 0.2) is 24.3 Å². The van der Waals surface area contributed by atoms with Crippen LogP contribution >= 0.6 is 23.7 Å². The highest BCUT2D eigenvalue weighted by atomic mass is 35.5. The zero-order valence-electron chi connectivity index (χ0n) is 18.5.